The number of esters is 1. The van der Waals surface area contributed by atoms with Crippen LogP contribution in [0.25, 0.3) is 0 Å². The van der Waals surface area contributed by atoms with E-state index in [1.807, 2.05) is 17.8 Å². The molecule has 1 saturated carbocycles. The van der Waals surface area contributed by atoms with Crippen LogP contribution < -0.4 is 4.74 Å². The second kappa shape index (κ2) is 11.4. The van der Waals surface area contributed by atoms with Crippen LogP contribution >= 0.6 is 23.4 Å². The molecule has 0 spiro atoms. The van der Waals surface area contributed by atoms with Gasteiger partial charge in [0.25, 0.3) is 0 Å². The Kier molecular flexibility index (Phi) is 8.93. The fourth-order valence-electron chi connectivity index (χ4n) is 4.40. The molecule has 1 heterocycles. The molecule has 0 amide bonds. The normalized spacial score (nSPS) is 29.1. The highest BCUT2D eigenvalue weighted by Gasteiger charge is 2.47. The van der Waals surface area contributed by atoms with Gasteiger partial charge in [-0.1, -0.05) is 30.2 Å². The first-order valence-corrected chi connectivity index (χ1v) is 11.9. The number of rotatable bonds is 10. The number of methoxy groups -OCH3 is 1. The Labute approximate surface area is 187 Å². The topological polar surface area (TPSA) is 76.0 Å². The van der Waals surface area contributed by atoms with Crippen molar-refractivity contribution >= 4 is 29.3 Å². The van der Waals surface area contributed by atoms with E-state index in [0.717, 1.165) is 32.1 Å². The van der Waals surface area contributed by atoms with Gasteiger partial charge in [-0.25, -0.2) is 0 Å². The number of ether oxygens (including phenoxy) is 2. The van der Waals surface area contributed by atoms with Gasteiger partial charge in [-0.05, 0) is 55.9 Å². The van der Waals surface area contributed by atoms with Crippen molar-refractivity contribution in [3.05, 3.63) is 41.4 Å². The molecule has 1 aromatic rings. The Balaban J connectivity index is 1.43. The highest BCUT2D eigenvalue weighted by Crippen LogP contribution is 2.52. The van der Waals surface area contributed by atoms with Crippen molar-refractivity contribution in [1.29, 1.82) is 0 Å². The molecule has 7 heteroatoms. The fraction of sp³-hybridized carbons (Fsp3) is 0.609. The Morgan fingerprint density at radius 1 is 1.30 bits per heavy atom. The molecular formula is C23H31ClO5S. The number of hydrogen-bond donors (Lipinski definition) is 2. The number of aliphatic hydroxyl groups excluding tert-OH is 2. The van der Waals surface area contributed by atoms with Gasteiger partial charge in [-0.15, -0.1) is 0 Å². The molecule has 0 aromatic heterocycles. The highest BCUT2D eigenvalue weighted by atomic mass is 35.5. The molecule has 1 saturated heterocycles. The SMILES string of the molecule is COC(=O)CCCCC1C[C@@H]2[C@@H](C=C[C@@H](O)COc3ccc(Cl)cc3)[C@H](O)C[C@H]2S1. The van der Waals surface area contributed by atoms with Crippen LogP contribution in [0, 0.1) is 11.8 Å². The summed E-state index contributed by atoms with van der Waals surface area (Å²) < 4.78 is 10.3. The van der Waals surface area contributed by atoms with E-state index in [0.29, 0.717) is 33.6 Å². The van der Waals surface area contributed by atoms with Crippen molar-refractivity contribution < 1.29 is 24.5 Å². The summed E-state index contributed by atoms with van der Waals surface area (Å²) in [4.78, 5) is 11.2. The van der Waals surface area contributed by atoms with E-state index in [-0.39, 0.29) is 24.6 Å². The van der Waals surface area contributed by atoms with Crippen molar-refractivity contribution in [2.24, 2.45) is 11.8 Å². The summed E-state index contributed by atoms with van der Waals surface area (Å²) in [5, 5.41) is 22.4. The maximum absolute atomic E-state index is 11.2. The smallest absolute Gasteiger partial charge is 0.305 e. The van der Waals surface area contributed by atoms with Gasteiger partial charge in [0.05, 0.1) is 13.2 Å². The number of benzene rings is 1. The summed E-state index contributed by atoms with van der Waals surface area (Å²) in [5.41, 5.74) is 0. The van der Waals surface area contributed by atoms with Crippen LogP contribution in [0.2, 0.25) is 5.02 Å². The summed E-state index contributed by atoms with van der Waals surface area (Å²) in [7, 11) is 1.43. The van der Waals surface area contributed by atoms with E-state index in [2.05, 4.69) is 4.74 Å². The van der Waals surface area contributed by atoms with Crippen molar-refractivity contribution in [1.82, 2.24) is 0 Å². The first-order valence-electron chi connectivity index (χ1n) is 10.6. The van der Waals surface area contributed by atoms with Crippen LogP contribution in [0.3, 0.4) is 0 Å². The molecule has 0 bridgehead atoms. The van der Waals surface area contributed by atoms with Gasteiger partial charge in [0.2, 0.25) is 0 Å². The van der Waals surface area contributed by atoms with E-state index < -0.39 is 6.10 Å². The maximum Gasteiger partial charge on any atom is 0.305 e. The van der Waals surface area contributed by atoms with Gasteiger partial charge >= 0.3 is 5.97 Å². The summed E-state index contributed by atoms with van der Waals surface area (Å²) in [6, 6.07) is 7.03. The van der Waals surface area contributed by atoms with Gasteiger partial charge in [-0.3, -0.25) is 4.79 Å². The molecule has 1 aromatic carbocycles. The quantitative estimate of drug-likeness (QED) is 0.313. The summed E-state index contributed by atoms with van der Waals surface area (Å²) in [6.45, 7) is 0.159. The number of halogens is 1. The van der Waals surface area contributed by atoms with E-state index >= 15 is 0 Å². The number of thioether (sulfide) groups is 1. The van der Waals surface area contributed by atoms with Crippen LogP contribution in [0.15, 0.2) is 36.4 Å². The van der Waals surface area contributed by atoms with Gasteiger partial charge in [0.1, 0.15) is 18.5 Å². The third-order valence-electron chi connectivity index (χ3n) is 5.97. The van der Waals surface area contributed by atoms with E-state index in [9.17, 15) is 15.0 Å². The molecule has 2 fully saturated rings. The lowest BCUT2D eigenvalue weighted by Crippen LogP contribution is -2.20. The molecule has 1 aliphatic carbocycles. The zero-order valence-corrected chi connectivity index (χ0v) is 18.9. The first kappa shape index (κ1) is 23.5. The third-order valence-corrected chi connectivity index (χ3v) is 7.92. The van der Waals surface area contributed by atoms with E-state index in [4.69, 9.17) is 16.3 Å². The fourth-order valence-corrected chi connectivity index (χ4v) is 6.46. The lowest BCUT2D eigenvalue weighted by molar-refractivity contribution is -0.140. The van der Waals surface area contributed by atoms with Gasteiger partial charge in [-0.2, -0.15) is 11.8 Å². The predicted molar refractivity (Wildman–Crippen MR) is 120 cm³/mol. The highest BCUT2D eigenvalue weighted by molar-refractivity contribution is 8.00. The number of hydrogen-bond acceptors (Lipinski definition) is 6. The molecule has 30 heavy (non-hydrogen) atoms. The Hall–Kier alpha value is -1.21. The van der Waals surface area contributed by atoms with Gasteiger partial charge in [0, 0.05) is 27.9 Å². The number of carbonyl (C=O) groups excluding carboxylic acids is 1. The van der Waals surface area contributed by atoms with E-state index in [1.54, 1.807) is 30.3 Å². The maximum atomic E-state index is 11.2. The summed E-state index contributed by atoms with van der Waals surface area (Å²) in [5.74, 6) is 1.04. The molecule has 5 nitrogen and oxygen atoms in total. The average Bonchev–Trinajstić information content (AvgIpc) is 3.25. The first-order chi connectivity index (χ1) is 14.5. The van der Waals surface area contributed by atoms with E-state index in [1.165, 1.54) is 7.11 Å². The van der Waals surface area contributed by atoms with Crippen LogP contribution in [0.5, 0.6) is 5.75 Å². The Morgan fingerprint density at radius 2 is 2.07 bits per heavy atom. The van der Waals surface area contributed by atoms with Gasteiger partial charge < -0.3 is 19.7 Å². The van der Waals surface area contributed by atoms with Gasteiger partial charge in [0.15, 0.2) is 0 Å². The van der Waals surface area contributed by atoms with Crippen molar-refractivity contribution in [3.63, 3.8) is 0 Å². The molecule has 3 rings (SSSR count). The number of fused-ring (bicyclic) bond motifs is 1. The van der Waals surface area contributed by atoms with Crippen LogP contribution in [0.4, 0.5) is 0 Å². The predicted octanol–water partition coefficient (Wildman–Crippen LogP) is 4.24. The van der Waals surface area contributed by atoms with Crippen molar-refractivity contribution in [3.8, 4) is 5.75 Å². The number of carbonyl (C=O) groups is 1. The second-order valence-corrected chi connectivity index (χ2v) is 10.1. The molecule has 1 unspecified atom stereocenters. The Morgan fingerprint density at radius 3 is 2.80 bits per heavy atom. The van der Waals surface area contributed by atoms with Crippen LogP contribution in [-0.2, 0) is 9.53 Å². The molecule has 0 radical (unpaired) electrons. The van der Waals surface area contributed by atoms with Crippen LogP contribution in [0.1, 0.15) is 38.5 Å². The lowest BCUT2D eigenvalue weighted by Gasteiger charge is -2.19. The minimum atomic E-state index is -0.727. The summed E-state index contributed by atoms with van der Waals surface area (Å²) in [6.07, 6.45) is 8.01. The minimum absolute atomic E-state index is 0.0766. The molecule has 2 N–H and O–H groups in total. The minimum Gasteiger partial charge on any atom is -0.491 e. The molecule has 2 aliphatic rings. The number of aliphatic hydroxyl groups is 2. The second-order valence-electron chi connectivity index (χ2n) is 8.12. The average molecular weight is 455 g/mol. The Bertz CT molecular complexity index is 710. The van der Waals surface area contributed by atoms with Crippen LogP contribution in [-0.4, -0.2) is 52.6 Å². The molecular weight excluding hydrogens is 424 g/mol. The molecule has 166 valence electrons. The van der Waals surface area contributed by atoms with Crippen molar-refractivity contribution in [2.45, 2.75) is 61.2 Å². The third kappa shape index (κ3) is 6.64. The standard InChI is InChI=1S/C23H31ClO5S/c1-28-23(27)5-3-2-4-18-12-20-19(21(26)13-22(20)30-18)11-8-16(25)14-29-17-9-6-15(24)7-10-17/h6-11,16,18-22,25-26H,2-5,12-14H2,1H3/t16-,18?,19-,20-,21-,22-/m1/s1. The zero-order chi connectivity index (χ0) is 21.5. The lowest BCUT2D eigenvalue weighted by atomic mass is 9.89. The monoisotopic (exact) mass is 454 g/mol. The largest absolute Gasteiger partial charge is 0.491 e. The number of unbranched alkanes of at least 4 members (excludes halogenated alkanes) is 1. The zero-order valence-electron chi connectivity index (χ0n) is 17.3. The summed E-state index contributed by atoms with van der Waals surface area (Å²) >= 11 is 7.85. The van der Waals surface area contributed by atoms with Crippen molar-refractivity contribution in [2.75, 3.05) is 13.7 Å². The molecule has 6 atom stereocenters. The molecule has 1 aliphatic heterocycles.